The van der Waals surface area contributed by atoms with E-state index in [1.165, 1.54) is 16.0 Å². The van der Waals surface area contributed by atoms with E-state index in [4.69, 9.17) is 0 Å². The Morgan fingerprint density at radius 3 is 2.64 bits per heavy atom. The lowest BCUT2D eigenvalue weighted by atomic mass is 10.1. The van der Waals surface area contributed by atoms with Gasteiger partial charge in [0.15, 0.2) is 0 Å². The van der Waals surface area contributed by atoms with E-state index in [1.54, 1.807) is 11.3 Å². The van der Waals surface area contributed by atoms with Crippen molar-refractivity contribution in [1.29, 1.82) is 0 Å². The minimum absolute atomic E-state index is 1.01. The highest BCUT2D eigenvalue weighted by Crippen LogP contribution is 2.21. The van der Waals surface area contributed by atoms with Gasteiger partial charge in [-0.15, -0.1) is 11.3 Å². The van der Waals surface area contributed by atoms with Crippen LogP contribution in [0.1, 0.15) is 16.0 Å². The molecule has 0 aliphatic rings. The molecule has 0 radical (unpaired) electrons. The highest BCUT2D eigenvalue weighted by molar-refractivity contribution is 7.10. The Labute approximate surface area is 88.5 Å². The molecule has 2 rings (SSSR count). The first-order chi connectivity index (χ1) is 6.90. The molecule has 70 valence electrons. The van der Waals surface area contributed by atoms with E-state index in [0.29, 0.717) is 0 Å². The first kappa shape index (κ1) is 9.22. The molecule has 0 aliphatic heterocycles. The molecule has 2 aromatic rings. The number of rotatable bonds is 3. The maximum absolute atomic E-state index is 3.81. The molecule has 0 aliphatic carbocycles. The maximum Gasteiger partial charge on any atom is 0.0161 e. The van der Waals surface area contributed by atoms with Crippen LogP contribution >= 0.6 is 11.3 Å². The van der Waals surface area contributed by atoms with Crippen molar-refractivity contribution >= 4 is 17.4 Å². The second-order valence-corrected chi connectivity index (χ2v) is 4.17. The average molecular weight is 200 g/mol. The Morgan fingerprint density at radius 1 is 1.14 bits per heavy atom. The first-order valence-corrected chi connectivity index (χ1v) is 5.51. The molecule has 0 amide bonds. The van der Waals surface area contributed by atoms with Crippen LogP contribution in [0.2, 0.25) is 0 Å². The Balaban J connectivity index is 2.23. The fraction of sp³-hybridized carbons (Fsp3) is 0.0769. The van der Waals surface area contributed by atoms with Gasteiger partial charge in [-0.05, 0) is 22.6 Å². The average Bonchev–Trinajstić information content (AvgIpc) is 2.67. The molecular formula is C13H12S. The molecule has 0 N–H and O–H groups in total. The van der Waals surface area contributed by atoms with Crippen molar-refractivity contribution in [1.82, 2.24) is 0 Å². The van der Waals surface area contributed by atoms with E-state index in [-0.39, 0.29) is 0 Å². The lowest BCUT2D eigenvalue weighted by molar-refractivity contribution is 1.24. The summed E-state index contributed by atoms with van der Waals surface area (Å²) in [6, 6.07) is 12.6. The zero-order chi connectivity index (χ0) is 9.80. The minimum atomic E-state index is 1.01. The third-order valence-corrected chi connectivity index (χ3v) is 3.14. The molecule has 1 heteroatoms. The van der Waals surface area contributed by atoms with Crippen molar-refractivity contribution in [2.24, 2.45) is 0 Å². The molecule has 14 heavy (non-hydrogen) atoms. The predicted octanol–water partition coefficient (Wildman–Crippen LogP) is 3.98. The summed E-state index contributed by atoms with van der Waals surface area (Å²) < 4.78 is 0. The standard InChI is InChI=1S/C13H12S/c1-2-12-8-9-14-13(12)10-11-6-4-3-5-7-11/h2-9H,1,10H2. The van der Waals surface area contributed by atoms with Crippen molar-refractivity contribution in [3.8, 4) is 0 Å². The van der Waals surface area contributed by atoms with Crippen LogP contribution in [0.25, 0.3) is 6.08 Å². The summed E-state index contributed by atoms with van der Waals surface area (Å²) in [7, 11) is 0. The van der Waals surface area contributed by atoms with Gasteiger partial charge >= 0.3 is 0 Å². The van der Waals surface area contributed by atoms with Gasteiger partial charge < -0.3 is 0 Å². The summed E-state index contributed by atoms with van der Waals surface area (Å²) in [6.45, 7) is 3.81. The predicted molar refractivity (Wildman–Crippen MR) is 63.7 cm³/mol. The second kappa shape index (κ2) is 4.25. The van der Waals surface area contributed by atoms with Crippen molar-refractivity contribution < 1.29 is 0 Å². The fourth-order valence-electron chi connectivity index (χ4n) is 1.46. The van der Waals surface area contributed by atoms with Gasteiger partial charge in [0.2, 0.25) is 0 Å². The molecule has 0 nitrogen and oxygen atoms in total. The van der Waals surface area contributed by atoms with Crippen LogP contribution in [0.3, 0.4) is 0 Å². The molecule has 1 heterocycles. The topological polar surface area (TPSA) is 0 Å². The molecule has 0 fully saturated rings. The van der Waals surface area contributed by atoms with E-state index in [9.17, 15) is 0 Å². The molecule has 0 saturated carbocycles. The van der Waals surface area contributed by atoms with Gasteiger partial charge in [0, 0.05) is 11.3 Å². The molecule has 1 aromatic heterocycles. The van der Waals surface area contributed by atoms with Crippen molar-refractivity contribution in [2.45, 2.75) is 6.42 Å². The Bertz CT molecular complexity index is 412. The number of hydrogen-bond acceptors (Lipinski definition) is 1. The van der Waals surface area contributed by atoms with Crippen LogP contribution in [0.15, 0.2) is 48.4 Å². The summed E-state index contributed by atoms with van der Waals surface area (Å²) in [4.78, 5) is 1.39. The monoisotopic (exact) mass is 200 g/mol. The molecule has 0 atom stereocenters. The number of hydrogen-bond donors (Lipinski definition) is 0. The van der Waals surface area contributed by atoms with E-state index >= 15 is 0 Å². The maximum atomic E-state index is 3.81. The van der Waals surface area contributed by atoms with Gasteiger partial charge in [0.05, 0.1) is 0 Å². The Morgan fingerprint density at radius 2 is 1.93 bits per heavy atom. The Hall–Kier alpha value is -1.34. The van der Waals surface area contributed by atoms with Gasteiger partial charge in [0.1, 0.15) is 0 Å². The quantitative estimate of drug-likeness (QED) is 0.703. The fourth-order valence-corrected chi connectivity index (χ4v) is 2.37. The number of benzene rings is 1. The SMILES string of the molecule is C=Cc1ccsc1Cc1ccccc1. The largest absolute Gasteiger partial charge is 0.148 e. The van der Waals surface area contributed by atoms with Gasteiger partial charge in [-0.2, -0.15) is 0 Å². The van der Waals surface area contributed by atoms with Gasteiger partial charge in [-0.3, -0.25) is 0 Å². The van der Waals surface area contributed by atoms with Crippen LogP contribution in [0.4, 0.5) is 0 Å². The highest BCUT2D eigenvalue weighted by atomic mass is 32.1. The van der Waals surface area contributed by atoms with Crippen molar-refractivity contribution in [3.05, 3.63) is 64.4 Å². The van der Waals surface area contributed by atoms with Gasteiger partial charge in [-0.1, -0.05) is 43.0 Å². The molecule has 0 spiro atoms. The summed E-state index contributed by atoms with van der Waals surface area (Å²) in [6.07, 6.45) is 2.94. The van der Waals surface area contributed by atoms with Gasteiger partial charge in [0.25, 0.3) is 0 Å². The molecule has 1 aromatic carbocycles. The summed E-state index contributed by atoms with van der Waals surface area (Å²) in [5, 5.41) is 2.12. The molecule has 0 saturated heterocycles. The van der Waals surface area contributed by atoms with Crippen LogP contribution in [0, 0.1) is 0 Å². The van der Waals surface area contributed by atoms with Crippen molar-refractivity contribution in [3.63, 3.8) is 0 Å². The Kier molecular flexibility index (Phi) is 2.80. The molecule has 0 bridgehead atoms. The van der Waals surface area contributed by atoms with Crippen molar-refractivity contribution in [2.75, 3.05) is 0 Å². The van der Waals surface area contributed by atoms with Crippen LogP contribution < -0.4 is 0 Å². The lowest BCUT2D eigenvalue weighted by Gasteiger charge is -1.99. The third kappa shape index (κ3) is 1.94. The highest BCUT2D eigenvalue weighted by Gasteiger charge is 2.01. The first-order valence-electron chi connectivity index (χ1n) is 4.63. The lowest BCUT2D eigenvalue weighted by Crippen LogP contribution is -1.85. The van der Waals surface area contributed by atoms with Crippen LogP contribution in [0.5, 0.6) is 0 Å². The normalized spacial score (nSPS) is 10.0. The van der Waals surface area contributed by atoms with E-state index in [1.807, 2.05) is 12.1 Å². The zero-order valence-electron chi connectivity index (χ0n) is 7.94. The summed E-state index contributed by atoms with van der Waals surface area (Å²) in [5.74, 6) is 0. The third-order valence-electron chi connectivity index (χ3n) is 2.21. The van der Waals surface area contributed by atoms with E-state index < -0.39 is 0 Å². The second-order valence-electron chi connectivity index (χ2n) is 3.17. The minimum Gasteiger partial charge on any atom is -0.148 e. The van der Waals surface area contributed by atoms with Gasteiger partial charge in [-0.25, -0.2) is 0 Å². The number of thiophene rings is 1. The summed E-state index contributed by atoms with van der Waals surface area (Å²) >= 11 is 1.80. The zero-order valence-corrected chi connectivity index (χ0v) is 8.76. The van der Waals surface area contributed by atoms with E-state index in [2.05, 4.69) is 42.3 Å². The van der Waals surface area contributed by atoms with Crippen LogP contribution in [-0.4, -0.2) is 0 Å². The van der Waals surface area contributed by atoms with Crippen LogP contribution in [-0.2, 0) is 6.42 Å². The smallest absolute Gasteiger partial charge is 0.0161 e. The molecular weight excluding hydrogens is 188 g/mol. The summed E-state index contributed by atoms with van der Waals surface area (Å²) in [5.41, 5.74) is 2.62. The molecule has 0 unspecified atom stereocenters. The van der Waals surface area contributed by atoms with E-state index in [0.717, 1.165) is 6.42 Å².